The molecule has 0 unspecified atom stereocenters. The molecule has 2 heterocycles. The zero-order valence-corrected chi connectivity index (χ0v) is 20.4. The molecule has 3 aromatic rings. The quantitative estimate of drug-likeness (QED) is 0.451. The fourth-order valence-electron chi connectivity index (χ4n) is 4.98. The molecule has 0 aliphatic carbocycles. The smallest absolute Gasteiger partial charge is 0.325 e. The molecule has 0 aromatic heterocycles. The van der Waals surface area contributed by atoms with Crippen LogP contribution >= 0.6 is 23.2 Å². The molecule has 6 nitrogen and oxygen atoms in total. The van der Waals surface area contributed by atoms with Crippen molar-refractivity contribution in [2.75, 3.05) is 10.2 Å². The predicted molar refractivity (Wildman–Crippen MR) is 134 cm³/mol. The van der Waals surface area contributed by atoms with Crippen molar-refractivity contribution in [3.8, 4) is 5.75 Å². The van der Waals surface area contributed by atoms with Crippen LogP contribution < -0.4 is 20.3 Å². The Hall–Kier alpha value is -3.22. The minimum atomic E-state index is -1.30. The van der Waals surface area contributed by atoms with Crippen molar-refractivity contribution < 1.29 is 14.3 Å². The maximum atomic E-state index is 13.7. The van der Waals surface area contributed by atoms with Gasteiger partial charge in [0, 0.05) is 27.0 Å². The highest BCUT2D eigenvalue weighted by atomic mass is 35.5. The molecule has 2 aliphatic rings. The van der Waals surface area contributed by atoms with Gasteiger partial charge in [0.2, 0.25) is 11.6 Å². The summed E-state index contributed by atoms with van der Waals surface area (Å²) >= 11 is 12.3. The number of benzene rings is 3. The molecular weight excluding hydrogens is 473 g/mol. The first-order valence-corrected chi connectivity index (χ1v) is 11.7. The number of aryl methyl sites for hydroxylation is 2. The molecular formula is C26H23Cl2N3O3. The Kier molecular flexibility index (Phi) is 5.46. The summed E-state index contributed by atoms with van der Waals surface area (Å²) in [6, 6.07) is 17.0. The van der Waals surface area contributed by atoms with Crippen LogP contribution in [-0.4, -0.2) is 17.7 Å². The van der Waals surface area contributed by atoms with Gasteiger partial charge in [-0.15, -0.1) is 0 Å². The molecule has 0 radical (unpaired) electrons. The van der Waals surface area contributed by atoms with Crippen LogP contribution in [0.25, 0.3) is 0 Å². The highest BCUT2D eigenvalue weighted by Gasteiger charge is 2.60. The highest BCUT2D eigenvalue weighted by Crippen LogP contribution is 2.50. The van der Waals surface area contributed by atoms with Crippen LogP contribution in [0.4, 0.5) is 16.2 Å². The summed E-state index contributed by atoms with van der Waals surface area (Å²) in [6.07, 6.45) is 0. The Morgan fingerprint density at radius 1 is 1.00 bits per heavy atom. The van der Waals surface area contributed by atoms with Crippen molar-refractivity contribution in [3.63, 3.8) is 0 Å². The Balaban J connectivity index is 1.64. The number of urea groups is 1. The zero-order valence-electron chi connectivity index (χ0n) is 18.9. The summed E-state index contributed by atoms with van der Waals surface area (Å²) in [4.78, 5) is 28.7. The van der Waals surface area contributed by atoms with Crippen LogP contribution in [0.5, 0.6) is 5.75 Å². The van der Waals surface area contributed by atoms with E-state index in [4.69, 9.17) is 27.9 Å². The fraction of sp³-hybridized carbons (Fsp3) is 0.231. The molecule has 0 saturated carbocycles. The van der Waals surface area contributed by atoms with Gasteiger partial charge >= 0.3 is 6.03 Å². The second-order valence-electron chi connectivity index (χ2n) is 8.92. The molecule has 34 heavy (non-hydrogen) atoms. The minimum absolute atomic E-state index is 0.296. The number of amides is 3. The van der Waals surface area contributed by atoms with Gasteiger partial charge in [0.15, 0.2) is 0 Å². The average molecular weight is 496 g/mol. The highest BCUT2D eigenvalue weighted by molar-refractivity contribution is 6.31. The number of carbonyl (C=O) groups is 2. The Labute approximate surface area is 207 Å². The predicted octanol–water partition coefficient (Wildman–Crippen LogP) is 6.24. The molecule has 2 aliphatic heterocycles. The molecule has 2 bridgehead atoms. The van der Waals surface area contributed by atoms with E-state index in [-0.39, 0.29) is 11.9 Å². The first-order valence-electron chi connectivity index (χ1n) is 10.9. The maximum absolute atomic E-state index is 13.7. The third-order valence-electron chi connectivity index (χ3n) is 6.32. The van der Waals surface area contributed by atoms with Gasteiger partial charge < -0.3 is 15.4 Å². The summed E-state index contributed by atoms with van der Waals surface area (Å²) in [7, 11) is 0. The van der Waals surface area contributed by atoms with Crippen molar-refractivity contribution in [1.29, 1.82) is 0 Å². The molecule has 1 fully saturated rings. The Bertz CT molecular complexity index is 1290. The number of hydrogen-bond donors (Lipinski definition) is 2. The topological polar surface area (TPSA) is 70.7 Å². The minimum Gasteiger partial charge on any atom is -0.466 e. The largest absolute Gasteiger partial charge is 0.466 e. The summed E-state index contributed by atoms with van der Waals surface area (Å²) in [6.45, 7) is 5.71. The second-order valence-corrected chi connectivity index (χ2v) is 9.79. The number of halogens is 2. The summed E-state index contributed by atoms with van der Waals surface area (Å²) in [5.74, 6) is -0.510. The van der Waals surface area contributed by atoms with Crippen LogP contribution in [-0.2, 0) is 4.79 Å². The van der Waals surface area contributed by atoms with Crippen molar-refractivity contribution in [2.45, 2.75) is 32.5 Å². The number of carbonyl (C=O) groups excluding carboxylic acids is 2. The van der Waals surface area contributed by atoms with Gasteiger partial charge in [-0.25, -0.2) is 4.79 Å². The molecule has 2 N–H and O–H groups in total. The van der Waals surface area contributed by atoms with Gasteiger partial charge in [-0.05, 0) is 86.5 Å². The third kappa shape index (κ3) is 3.77. The van der Waals surface area contributed by atoms with Gasteiger partial charge in [-0.1, -0.05) is 29.3 Å². The van der Waals surface area contributed by atoms with Crippen LogP contribution in [0.3, 0.4) is 0 Å². The summed E-state index contributed by atoms with van der Waals surface area (Å²) < 4.78 is 6.48. The fourth-order valence-corrected chi connectivity index (χ4v) is 5.28. The van der Waals surface area contributed by atoms with Crippen LogP contribution in [0.2, 0.25) is 10.0 Å². The van der Waals surface area contributed by atoms with Gasteiger partial charge in [-0.3, -0.25) is 9.69 Å². The van der Waals surface area contributed by atoms with Crippen molar-refractivity contribution >= 4 is 46.5 Å². The molecule has 3 atom stereocenters. The van der Waals surface area contributed by atoms with E-state index in [1.54, 1.807) is 49.4 Å². The lowest BCUT2D eigenvalue weighted by atomic mass is 9.78. The lowest BCUT2D eigenvalue weighted by Gasteiger charge is -2.54. The Morgan fingerprint density at radius 3 is 2.32 bits per heavy atom. The zero-order chi connectivity index (χ0) is 24.2. The molecule has 5 rings (SSSR count). The van der Waals surface area contributed by atoms with Gasteiger partial charge in [0.25, 0.3) is 0 Å². The van der Waals surface area contributed by atoms with Crippen molar-refractivity contribution in [3.05, 3.63) is 87.4 Å². The lowest BCUT2D eigenvalue weighted by molar-refractivity contribution is -0.131. The van der Waals surface area contributed by atoms with Crippen LogP contribution in [0.15, 0.2) is 60.7 Å². The van der Waals surface area contributed by atoms with E-state index in [1.165, 1.54) is 4.90 Å². The maximum Gasteiger partial charge on any atom is 0.325 e. The normalized spacial score (nSPS) is 23.0. The second kappa shape index (κ2) is 8.22. The van der Waals surface area contributed by atoms with E-state index in [1.807, 2.05) is 32.0 Å². The first kappa shape index (κ1) is 22.6. The summed E-state index contributed by atoms with van der Waals surface area (Å²) in [5, 5.41) is 7.06. The number of nitrogens with zero attached hydrogens (tertiary/aromatic N) is 1. The monoisotopic (exact) mass is 495 g/mol. The number of nitrogens with one attached hydrogen (secondary N) is 2. The van der Waals surface area contributed by atoms with Gasteiger partial charge in [0.05, 0.1) is 6.04 Å². The number of hydrogen-bond acceptors (Lipinski definition) is 3. The van der Waals surface area contributed by atoms with E-state index < -0.39 is 17.7 Å². The summed E-state index contributed by atoms with van der Waals surface area (Å²) in [5.41, 5.74) is 2.60. The van der Waals surface area contributed by atoms with Crippen molar-refractivity contribution in [1.82, 2.24) is 5.32 Å². The average Bonchev–Trinajstić information content (AvgIpc) is 2.74. The molecule has 174 valence electrons. The molecule has 3 aromatic carbocycles. The van der Waals surface area contributed by atoms with Gasteiger partial charge in [0.1, 0.15) is 11.7 Å². The van der Waals surface area contributed by atoms with E-state index in [9.17, 15) is 9.59 Å². The number of anilines is 2. The lowest BCUT2D eigenvalue weighted by Crippen LogP contribution is -2.72. The number of fused-ring (bicyclic) bond motifs is 4. The van der Waals surface area contributed by atoms with E-state index >= 15 is 0 Å². The van der Waals surface area contributed by atoms with Gasteiger partial charge in [-0.2, -0.15) is 0 Å². The SMILES string of the molecule is Cc1cc(C)cc(N2C(=O)N[C@H]3c4cc(Cl)ccc4O[C@@]2(C)[C@@H]3C(=O)Nc2ccc(Cl)cc2)c1. The third-order valence-corrected chi connectivity index (χ3v) is 6.81. The van der Waals surface area contributed by atoms with Crippen LogP contribution in [0.1, 0.15) is 29.7 Å². The van der Waals surface area contributed by atoms with E-state index in [0.717, 1.165) is 11.1 Å². The number of rotatable bonds is 3. The molecule has 1 saturated heterocycles. The molecule has 3 amide bonds. The molecule has 0 spiro atoms. The Morgan fingerprint density at radius 2 is 1.65 bits per heavy atom. The molecule has 8 heteroatoms. The standard InChI is InChI=1S/C26H23Cl2N3O3/c1-14-10-15(2)12-19(11-14)31-25(33)30-23-20-13-17(28)6-9-21(20)34-26(31,3)22(23)24(32)29-18-7-4-16(27)5-8-18/h4-13,22-23H,1-3H3,(H,29,32)(H,30,33)/t22-,23-,26-/m0/s1. The van der Waals surface area contributed by atoms with E-state index in [0.29, 0.717) is 32.7 Å². The van der Waals surface area contributed by atoms with E-state index in [2.05, 4.69) is 10.6 Å². The first-order chi connectivity index (χ1) is 16.2. The number of ether oxygens (including phenoxy) is 1. The van der Waals surface area contributed by atoms with Crippen LogP contribution in [0, 0.1) is 19.8 Å². The van der Waals surface area contributed by atoms with Crippen molar-refractivity contribution in [2.24, 2.45) is 5.92 Å².